The number of unbranched alkanes of at least 4 members (excludes halogenated alkanes) is 2. The van der Waals surface area contributed by atoms with E-state index in [2.05, 4.69) is 19.5 Å². The Balaban J connectivity index is 0. The molecule has 0 rings (SSSR count). The molecule has 0 aromatic rings. The fourth-order valence-corrected chi connectivity index (χ4v) is 5.50. The molecule has 0 aromatic carbocycles. The zero-order valence-corrected chi connectivity index (χ0v) is 14.3. The van der Waals surface area contributed by atoms with E-state index < -0.39 is 6.89 Å². The van der Waals surface area contributed by atoms with Crippen molar-refractivity contribution in [1.82, 2.24) is 0 Å². The van der Waals surface area contributed by atoms with E-state index in [-0.39, 0.29) is 16.8 Å². The summed E-state index contributed by atoms with van der Waals surface area (Å²) in [7, 11) is 0. The molecular weight excluding hydrogens is 318 g/mol. The summed E-state index contributed by atoms with van der Waals surface area (Å²) < 4.78 is 0. The van der Waals surface area contributed by atoms with Gasteiger partial charge >= 0.3 is 16.8 Å². The van der Waals surface area contributed by atoms with Crippen LogP contribution in [0.3, 0.4) is 0 Å². The quantitative estimate of drug-likeness (QED) is 0.452. The molecule has 0 unspecified atom stereocenters. The zero-order chi connectivity index (χ0) is 14.6. The second-order valence-electron chi connectivity index (χ2n) is 4.62. The number of rotatable bonds is 10. The van der Waals surface area contributed by atoms with Crippen molar-refractivity contribution < 1.29 is 31.2 Å². The average Bonchev–Trinajstić information content (AvgIpc) is 2.45. The first-order valence-electron chi connectivity index (χ1n) is 6.91. The third-order valence-electron chi connectivity index (χ3n) is 3.20. The van der Waals surface area contributed by atoms with Crippen LogP contribution in [0.5, 0.6) is 0 Å². The molecule has 0 spiro atoms. The number of hydrogen-bond donors (Lipinski definition) is 0. The molecular formula is C15H24CoO3P. The summed E-state index contributed by atoms with van der Waals surface area (Å²) in [6.07, 6.45) is 7.61. The Morgan fingerprint density at radius 1 is 1.05 bits per heavy atom. The van der Waals surface area contributed by atoms with Gasteiger partial charge in [0, 0.05) is 18.3 Å². The molecule has 116 valence electrons. The van der Waals surface area contributed by atoms with Crippen molar-refractivity contribution in [2.24, 2.45) is 0 Å². The molecule has 0 amide bonds. The summed E-state index contributed by atoms with van der Waals surface area (Å²) in [6, 6.07) is 0. The summed E-state index contributed by atoms with van der Waals surface area (Å²) >= 11 is 0. The van der Waals surface area contributed by atoms with Crippen molar-refractivity contribution in [3.63, 3.8) is 0 Å². The van der Waals surface area contributed by atoms with Crippen molar-refractivity contribution in [2.75, 3.05) is 12.3 Å². The van der Waals surface area contributed by atoms with Crippen LogP contribution in [0, 0.1) is 0 Å². The Morgan fingerprint density at radius 2 is 1.60 bits per heavy atom. The molecule has 0 aliphatic rings. The Bertz CT molecular complexity index is 428. The molecule has 20 heavy (non-hydrogen) atoms. The van der Waals surface area contributed by atoms with Crippen LogP contribution in [-0.4, -0.2) is 29.9 Å². The van der Waals surface area contributed by atoms with Crippen molar-refractivity contribution in [2.45, 2.75) is 52.4 Å². The molecule has 5 heteroatoms. The minimum atomic E-state index is -2.12. The fourth-order valence-electron chi connectivity index (χ4n) is 2.00. The van der Waals surface area contributed by atoms with Gasteiger partial charge in [0.15, 0.2) is 0 Å². The van der Waals surface area contributed by atoms with E-state index in [1.807, 2.05) is 5.94 Å². The maximum absolute atomic E-state index is 11.5. The predicted octanol–water partition coefficient (Wildman–Crippen LogP) is 3.28. The maximum atomic E-state index is 11.5. The van der Waals surface area contributed by atoms with E-state index in [0.717, 1.165) is 38.0 Å². The average molecular weight is 342 g/mol. The molecule has 0 aliphatic heterocycles. The summed E-state index contributed by atoms with van der Waals surface area (Å²) in [5, 5.41) is 0.566. The summed E-state index contributed by atoms with van der Waals surface area (Å²) in [5.41, 5.74) is 2.21. The van der Waals surface area contributed by atoms with Crippen LogP contribution in [0.4, 0.5) is 0 Å². The van der Waals surface area contributed by atoms with Crippen LogP contribution < -0.4 is 0 Å². The van der Waals surface area contributed by atoms with E-state index >= 15 is 0 Å². The van der Waals surface area contributed by atoms with Crippen LogP contribution in [0.1, 0.15) is 52.4 Å². The Labute approximate surface area is 132 Å². The summed E-state index contributed by atoms with van der Waals surface area (Å²) in [6.45, 7) is 2.01. The Morgan fingerprint density at radius 3 is 1.95 bits per heavy atom. The predicted molar refractivity (Wildman–Crippen MR) is 82.3 cm³/mol. The van der Waals surface area contributed by atoms with Crippen LogP contribution >= 0.6 is 6.89 Å². The molecule has 0 aromatic heterocycles. The Kier molecular flexibility index (Phi) is 14.5. The zero-order valence-electron chi connectivity index (χ0n) is 12.3. The third kappa shape index (κ3) is 7.27. The van der Waals surface area contributed by atoms with Crippen molar-refractivity contribution in [1.29, 1.82) is 0 Å². The fraction of sp³-hybridized carbons (Fsp3) is 0.667. The molecule has 0 N–H and O–H groups in total. The van der Waals surface area contributed by atoms with E-state index in [0.29, 0.717) is 18.2 Å². The first-order valence-corrected chi connectivity index (χ1v) is 9.07. The van der Waals surface area contributed by atoms with E-state index in [1.54, 1.807) is 5.94 Å². The molecule has 3 nitrogen and oxygen atoms in total. The van der Waals surface area contributed by atoms with Crippen LogP contribution in [0.15, 0.2) is 11.4 Å². The number of hydrogen-bond acceptors (Lipinski definition) is 3. The normalized spacial score (nSPS) is 9.70. The second-order valence-corrected chi connectivity index (χ2v) is 8.18. The first kappa shape index (κ1) is 21.7. The van der Waals surface area contributed by atoms with Gasteiger partial charge in [0.1, 0.15) is 17.5 Å². The molecule has 0 saturated heterocycles. The van der Waals surface area contributed by atoms with E-state index in [1.165, 1.54) is 6.08 Å². The van der Waals surface area contributed by atoms with Gasteiger partial charge in [0.25, 0.3) is 0 Å². The van der Waals surface area contributed by atoms with Gasteiger partial charge in [-0.15, -0.1) is 0 Å². The van der Waals surface area contributed by atoms with Crippen LogP contribution in [0.25, 0.3) is 0 Å². The monoisotopic (exact) mass is 342 g/mol. The van der Waals surface area contributed by atoms with Gasteiger partial charge in [-0.25, -0.2) is 14.4 Å². The minimum absolute atomic E-state index is 0. The molecule has 0 fully saturated rings. The van der Waals surface area contributed by atoms with Crippen LogP contribution in [-0.2, 0) is 31.2 Å². The molecule has 0 heterocycles. The van der Waals surface area contributed by atoms with E-state index in [9.17, 15) is 14.4 Å². The van der Waals surface area contributed by atoms with Crippen molar-refractivity contribution in [3.05, 3.63) is 11.4 Å². The molecule has 1 radical (unpaired) electrons. The standard InChI is InChI=1S/C15H23O3P.Co.H/c1-3-5-11-19(14-18,12-6-4-2)15(13-17)9-7-8-10-16;;/h8H,3-7,9,11-12H2,1-2H3;;. The van der Waals surface area contributed by atoms with Gasteiger partial charge in [-0.05, 0) is 38.0 Å². The van der Waals surface area contributed by atoms with Gasteiger partial charge in [0.05, 0.1) is 0 Å². The SMILES string of the molecule is CCCCP(=C=O)(CCCC)C(=C=O)CCC=C=O.[CoH]. The molecule has 0 aliphatic carbocycles. The first-order chi connectivity index (χ1) is 9.20. The van der Waals surface area contributed by atoms with Crippen LogP contribution in [0.2, 0.25) is 0 Å². The van der Waals surface area contributed by atoms with Crippen molar-refractivity contribution >= 4 is 24.4 Å². The summed E-state index contributed by atoms with van der Waals surface area (Å²) in [5.74, 6) is 3.67. The van der Waals surface area contributed by atoms with Gasteiger partial charge in [0.2, 0.25) is 0 Å². The third-order valence-corrected chi connectivity index (χ3v) is 7.06. The second kappa shape index (κ2) is 13.4. The van der Waals surface area contributed by atoms with Gasteiger partial charge in [-0.1, -0.05) is 26.7 Å². The molecule has 0 bridgehead atoms. The number of allylic oxidation sites excluding steroid dienone is 2. The molecule has 0 saturated carbocycles. The van der Waals surface area contributed by atoms with Crippen molar-refractivity contribution in [3.8, 4) is 0 Å². The van der Waals surface area contributed by atoms with Gasteiger partial charge in [-0.3, -0.25) is 0 Å². The summed E-state index contributed by atoms with van der Waals surface area (Å²) in [4.78, 5) is 32.9. The molecule has 0 atom stereocenters. The van der Waals surface area contributed by atoms with Gasteiger partial charge in [-0.2, -0.15) is 0 Å². The number of carbonyl (C=O) groups excluding carboxylic acids is 3. The topological polar surface area (TPSA) is 51.2 Å². The van der Waals surface area contributed by atoms with Gasteiger partial charge < -0.3 is 0 Å². The Hall–Kier alpha value is -0.584. The van der Waals surface area contributed by atoms with E-state index in [4.69, 9.17) is 0 Å².